The van der Waals surface area contributed by atoms with E-state index in [0.717, 1.165) is 0 Å². The highest BCUT2D eigenvalue weighted by Crippen LogP contribution is 2.12. The van der Waals surface area contributed by atoms with Crippen LogP contribution in [0.5, 0.6) is 5.75 Å². The molecule has 0 fully saturated rings. The van der Waals surface area contributed by atoms with Crippen molar-refractivity contribution in [3.8, 4) is 5.75 Å². The molecule has 1 amide bonds. The van der Waals surface area contributed by atoms with Gasteiger partial charge in [0.1, 0.15) is 17.9 Å². The van der Waals surface area contributed by atoms with E-state index in [1.54, 1.807) is 12.1 Å². The summed E-state index contributed by atoms with van der Waals surface area (Å²) in [6.07, 6.45) is -0.955. The van der Waals surface area contributed by atoms with E-state index in [2.05, 4.69) is 10.6 Å². The molecule has 0 saturated heterocycles. The fourth-order valence-corrected chi connectivity index (χ4v) is 2.25. The molecule has 1 aromatic carbocycles. The van der Waals surface area contributed by atoms with Crippen LogP contribution in [0.15, 0.2) is 24.3 Å². The van der Waals surface area contributed by atoms with Crippen molar-refractivity contribution in [2.45, 2.75) is 37.5 Å². The van der Waals surface area contributed by atoms with E-state index in [1.807, 2.05) is 0 Å². The third-order valence-corrected chi connectivity index (χ3v) is 3.68. The van der Waals surface area contributed by atoms with Gasteiger partial charge < -0.3 is 37.4 Å². The standard InChI is InChI=1S/C16H25N5O5/c17-11(8-9-3-5-10(22)6-4-9)13(23)14(24)21-12(15(25)26)2-1-7-20-16(18)19/h3-6,11-13,22-23H,1-2,7-8,17H2,(H,21,24)(H,25,26)(H4,18,19,20)/t11-,12+,13+/m1/s1. The number of benzene rings is 1. The van der Waals surface area contributed by atoms with Gasteiger partial charge in [-0.2, -0.15) is 0 Å². The number of rotatable bonds is 10. The molecule has 0 heterocycles. The number of carboxylic acid groups (broad SMARTS) is 1. The molecule has 0 radical (unpaired) electrons. The predicted octanol–water partition coefficient (Wildman–Crippen LogP) is -1.54. The molecule has 0 unspecified atom stereocenters. The molecular weight excluding hydrogens is 342 g/mol. The number of aliphatic hydroxyl groups excluding tert-OH is 1. The summed E-state index contributed by atoms with van der Waals surface area (Å²) >= 11 is 0. The molecule has 1 aromatic rings. The van der Waals surface area contributed by atoms with Crippen molar-refractivity contribution in [2.75, 3.05) is 6.54 Å². The normalized spacial score (nSPS) is 14.1. The Morgan fingerprint density at radius 2 is 1.85 bits per heavy atom. The lowest BCUT2D eigenvalue weighted by Gasteiger charge is -2.21. The Morgan fingerprint density at radius 3 is 2.38 bits per heavy atom. The number of amides is 1. The molecule has 0 spiro atoms. The largest absolute Gasteiger partial charge is 0.508 e. The number of carbonyl (C=O) groups is 2. The third-order valence-electron chi connectivity index (χ3n) is 3.68. The van der Waals surface area contributed by atoms with Crippen LogP contribution < -0.4 is 22.1 Å². The Balaban J connectivity index is 2.54. The molecule has 0 bridgehead atoms. The van der Waals surface area contributed by atoms with E-state index in [9.17, 15) is 24.9 Å². The van der Waals surface area contributed by atoms with Crippen LogP contribution in [0, 0.1) is 5.41 Å². The average Bonchev–Trinajstić information content (AvgIpc) is 2.58. The molecule has 0 aromatic heterocycles. The van der Waals surface area contributed by atoms with Gasteiger partial charge in [-0.3, -0.25) is 10.2 Å². The summed E-state index contributed by atoms with van der Waals surface area (Å²) in [6.45, 7) is 0.290. The molecule has 144 valence electrons. The van der Waals surface area contributed by atoms with E-state index in [1.165, 1.54) is 12.1 Å². The average molecular weight is 367 g/mol. The van der Waals surface area contributed by atoms with E-state index in [0.29, 0.717) is 12.0 Å². The van der Waals surface area contributed by atoms with Crippen molar-refractivity contribution in [2.24, 2.45) is 11.5 Å². The first kappa shape index (κ1) is 21.2. The van der Waals surface area contributed by atoms with E-state index in [4.69, 9.17) is 16.9 Å². The smallest absolute Gasteiger partial charge is 0.326 e. The van der Waals surface area contributed by atoms with Gasteiger partial charge in [0.05, 0.1) is 0 Å². The third kappa shape index (κ3) is 7.36. The van der Waals surface area contributed by atoms with Crippen molar-refractivity contribution in [3.63, 3.8) is 0 Å². The highest BCUT2D eigenvalue weighted by Gasteiger charge is 2.27. The summed E-state index contributed by atoms with van der Waals surface area (Å²) in [4.78, 5) is 23.3. The van der Waals surface area contributed by atoms with Crippen molar-refractivity contribution in [1.29, 1.82) is 5.41 Å². The van der Waals surface area contributed by atoms with Crippen molar-refractivity contribution >= 4 is 17.8 Å². The monoisotopic (exact) mass is 367 g/mol. The van der Waals surface area contributed by atoms with Gasteiger partial charge in [0.2, 0.25) is 0 Å². The highest BCUT2D eigenvalue weighted by atomic mass is 16.4. The van der Waals surface area contributed by atoms with E-state index < -0.39 is 30.1 Å². The zero-order valence-corrected chi connectivity index (χ0v) is 14.2. The zero-order chi connectivity index (χ0) is 19.7. The summed E-state index contributed by atoms with van der Waals surface area (Å²) < 4.78 is 0. The van der Waals surface area contributed by atoms with Crippen LogP contribution in [-0.4, -0.2) is 57.9 Å². The Bertz CT molecular complexity index is 622. The number of carbonyl (C=O) groups excluding carboxylic acids is 1. The SMILES string of the molecule is N=C(N)NCCC[C@H](NC(=O)[C@@H](O)[C@H](N)Cc1ccc(O)cc1)C(=O)O. The van der Waals surface area contributed by atoms with Gasteiger partial charge in [-0.25, -0.2) is 4.79 Å². The second-order valence-electron chi connectivity index (χ2n) is 5.86. The molecule has 0 aliphatic heterocycles. The quantitative estimate of drug-likeness (QED) is 0.138. The number of guanidine groups is 1. The summed E-state index contributed by atoms with van der Waals surface area (Å²) in [5.74, 6) is -2.25. The number of phenolic OH excluding ortho intramolecular Hbond substituents is 1. The van der Waals surface area contributed by atoms with Gasteiger partial charge in [0.15, 0.2) is 5.96 Å². The molecule has 3 atom stereocenters. The Morgan fingerprint density at radius 1 is 1.23 bits per heavy atom. The molecule has 10 heteroatoms. The first-order valence-electron chi connectivity index (χ1n) is 8.03. The number of carboxylic acids is 1. The maximum Gasteiger partial charge on any atom is 0.326 e. The molecule has 1 rings (SSSR count). The van der Waals surface area contributed by atoms with Crippen LogP contribution in [0.25, 0.3) is 0 Å². The van der Waals surface area contributed by atoms with E-state index >= 15 is 0 Å². The van der Waals surface area contributed by atoms with Crippen molar-refractivity contribution in [3.05, 3.63) is 29.8 Å². The minimum atomic E-state index is -1.58. The first-order valence-corrected chi connectivity index (χ1v) is 8.03. The molecule has 0 aliphatic carbocycles. The first-order chi connectivity index (χ1) is 12.2. The second-order valence-corrected chi connectivity index (χ2v) is 5.86. The molecular formula is C16H25N5O5. The number of aliphatic carboxylic acids is 1. The fraction of sp³-hybridized carbons (Fsp3) is 0.438. The topological polar surface area (TPSA) is 195 Å². The summed E-state index contributed by atoms with van der Waals surface area (Å²) in [5, 5.41) is 40.2. The van der Waals surface area contributed by atoms with Gasteiger partial charge in [-0.05, 0) is 37.0 Å². The van der Waals surface area contributed by atoms with Gasteiger partial charge in [-0.1, -0.05) is 12.1 Å². The Hall–Kier alpha value is -2.85. The summed E-state index contributed by atoms with van der Waals surface area (Å²) in [7, 11) is 0. The second kappa shape index (κ2) is 10.2. The van der Waals surface area contributed by atoms with Crippen molar-refractivity contribution < 1.29 is 24.9 Å². The number of nitrogens with one attached hydrogen (secondary N) is 3. The van der Waals surface area contributed by atoms with Crippen LogP contribution in [0.3, 0.4) is 0 Å². The number of hydrogen-bond donors (Lipinski definition) is 8. The Kier molecular flexibility index (Phi) is 8.32. The molecule has 0 aliphatic rings. The maximum absolute atomic E-state index is 12.1. The van der Waals surface area contributed by atoms with Crippen molar-refractivity contribution in [1.82, 2.24) is 10.6 Å². The number of hydrogen-bond acceptors (Lipinski definition) is 6. The van der Waals surface area contributed by atoms with E-state index in [-0.39, 0.29) is 31.1 Å². The molecule has 10 N–H and O–H groups in total. The number of aromatic hydroxyl groups is 1. The van der Waals surface area contributed by atoms with Crippen LogP contribution in [0.1, 0.15) is 18.4 Å². The number of aliphatic hydroxyl groups is 1. The molecule has 0 saturated carbocycles. The van der Waals surface area contributed by atoms with Gasteiger partial charge in [0.25, 0.3) is 5.91 Å². The molecule has 10 nitrogen and oxygen atoms in total. The fourth-order valence-electron chi connectivity index (χ4n) is 2.25. The maximum atomic E-state index is 12.1. The van der Waals surface area contributed by atoms with Gasteiger partial charge in [0, 0.05) is 12.6 Å². The summed E-state index contributed by atoms with van der Waals surface area (Å²) in [6, 6.07) is 4.03. The summed E-state index contributed by atoms with van der Waals surface area (Å²) in [5.41, 5.74) is 11.7. The zero-order valence-electron chi connectivity index (χ0n) is 14.2. The van der Waals surface area contributed by atoms with Gasteiger partial charge >= 0.3 is 5.97 Å². The molecule has 26 heavy (non-hydrogen) atoms. The lowest BCUT2D eigenvalue weighted by atomic mass is 10.0. The number of nitrogens with two attached hydrogens (primary N) is 2. The lowest BCUT2D eigenvalue weighted by molar-refractivity contribution is -0.143. The Labute approximate surface area is 150 Å². The minimum Gasteiger partial charge on any atom is -0.508 e. The minimum absolute atomic E-state index is 0.0872. The predicted molar refractivity (Wildman–Crippen MR) is 94.5 cm³/mol. The highest BCUT2D eigenvalue weighted by molar-refractivity contribution is 5.86. The van der Waals surface area contributed by atoms with Crippen LogP contribution in [0.4, 0.5) is 0 Å². The van der Waals surface area contributed by atoms with Crippen LogP contribution in [-0.2, 0) is 16.0 Å². The van der Waals surface area contributed by atoms with Gasteiger partial charge in [-0.15, -0.1) is 0 Å². The van der Waals surface area contributed by atoms with Crippen LogP contribution >= 0.6 is 0 Å². The van der Waals surface area contributed by atoms with Crippen LogP contribution in [0.2, 0.25) is 0 Å². The number of phenols is 1. The lowest BCUT2D eigenvalue weighted by Crippen LogP contribution is -2.52.